The molecule has 9 heteroatoms. The third-order valence-corrected chi connectivity index (χ3v) is 16.7. The van der Waals surface area contributed by atoms with E-state index in [4.69, 9.17) is 0 Å². The van der Waals surface area contributed by atoms with Crippen LogP contribution in [0.5, 0.6) is 0 Å². The average molecular weight is 745 g/mol. The zero-order valence-electron chi connectivity index (χ0n) is 23.5. The molecule has 16 heterocycles. The van der Waals surface area contributed by atoms with Gasteiger partial charge in [0.05, 0.1) is 0 Å². The molecule has 0 amide bonds. The largest absolute Gasteiger partial charge is 0.137 e. The lowest BCUT2D eigenvalue weighted by Crippen LogP contribution is -1.62. The third kappa shape index (κ3) is 8.98. The Balaban J connectivity index is 1.31. The maximum Gasteiger partial charge on any atom is 0.0378 e. The summed E-state index contributed by atoms with van der Waals surface area (Å²) in [4.78, 5) is 0. The fourth-order valence-electron chi connectivity index (χ4n) is 4.08. The van der Waals surface area contributed by atoms with Crippen LogP contribution in [0.4, 0.5) is 0 Å². The molecule has 0 atom stereocenters. The molecule has 0 aliphatic carbocycles. The highest BCUT2D eigenvalue weighted by atomic mass is 32.9. The Morgan fingerprint density at radius 1 is 0.156 bits per heavy atom. The van der Waals surface area contributed by atoms with E-state index in [-0.39, 0.29) is 0 Å². The van der Waals surface area contributed by atoms with Crippen molar-refractivity contribution in [3.05, 3.63) is 146 Å². The maximum atomic E-state index is 2.22. The van der Waals surface area contributed by atoms with Gasteiger partial charge in [0.25, 0.3) is 0 Å². The molecule has 22 rings (SSSR count). The zero-order valence-corrected chi connectivity index (χ0v) is 30.9. The molecule has 0 radical (unpaired) electrons. The Hall–Kier alpha value is -2.70. The molecule has 222 valence electrons. The predicted molar refractivity (Wildman–Crippen MR) is 218 cm³/mol. The molecule has 0 fully saturated rings. The van der Waals surface area contributed by atoms with Crippen molar-refractivity contribution in [3.8, 4) is 0 Å². The highest BCUT2D eigenvalue weighted by Crippen LogP contribution is 2.26. The second-order valence-electron chi connectivity index (χ2n) is 9.63. The highest BCUT2D eigenvalue weighted by molar-refractivity contribution is 7.73. The molecule has 0 aliphatic rings. The van der Waals surface area contributed by atoms with Crippen LogP contribution in [-0.2, 0) is 0 Å². The normalized spacial score (nSPS) is 10.7. The van der Waals surface area contributed by atoms with Crippen LogP contribution in [0, 0.1) is 0 Å². The predicted octanol–water partition coefficient (Wildman–Crippen LogP) is 15.9. The van der Waals surface area contributed by atoms with Crippen molar-refractivity contribution in [1.29, 1.82) is 0 Å². The van der Waals surface area contributed by atoms with E-state index in [0.29, 0.717) is 0 Å². The number of benzene rings is 6. The van der Waals surface area contributed by atoms with Crippen molar-refractivity contribution in [2.24, 2.45) is 0 Å². The summed E-state index contributed by atoms with van der Waals surface area (Å²) < 4.78 is 15.1. The quantitative estimate of drug-likeness (QED) is 0.136. The molecule has 0 spiro atoms. The standard InChI is InChI=1S/C36H24S9/c1-13-31-14-2-25(1)37-26-3-15-33(16-4-26)42-43-34-19-7-29(8-20-34)39-30-11-23-36(24-12-30)45-44-35-21-9-28(10-22-35)38-27-5-17-32(18-6-27)41-40-31/h1-24H. The third-order valence-electron chi connectivity index (χ3n) is 6.35. The van der Waals surface area contributed by atoms with Crippen molar-refractivity contribution >= 4 is 152 Å². The Morgan fingerprint density at radius 3 is 0.400 bits per heavy atom. The van der Waals surface area contributed by atoms with Gasteiger partial charge in [-0.05, 0) is 146 Å². The first-order chi connectivity index (χ1) is 22.2. The van der Waals surface area contributed by atoms with Gasteiger partial charge in [-0.1, -0.05) is 62.0 Å². The van der Waals surface area contributed by atoms with Gasteiger partial charge in [0.15, 0.2) is 0 Å². The lowest BCUT2D eigenvalue weighted by Gasteiger charge is -1.91. The van der Waals surface area contributed by atoms with Gasteiger partial charge >= 0.3 is 0 Å². The van der Waals surface area contributed by atoms with Gasteiger partial charge in [-0.25, -0.2) is 0 Å². The SMILES string of the molecule is c1cc2ccc1ssc1ccc(cc1)sc1ccc(cc1)ssc1ccc(cc1)sc1ccc(cc1)ssc1ccc(cc1)s2. The fourth-order valence-corrected chi connectivity index (χ4v) is 12.3. The molecule has 0 unspecified atom stereocenters. The van der Waals surface area contributed by atoms with E-state index in [1.54, 1.807) is 96.1 Å². The van der Waals surface area contributed by atoms with Gasteiger partial charge in [-0.15, -0.1) is 34.0 Å². The van der Waals surface area contributed by atoms with E-state index in [0.717, 1.165) is 0 Å². The Bertz CT molecular complexity index is 1910. The smallest absolute Gasteiger partial charge is 0.0378 e. The second-order valence-corrected chi connectivity index (χ2v) is 19.9. The van der Waals surface area contributed by atoms with Crippen LogP contribution in [0.2, 0.25) is 0 Å². The maximum absolute atomic E-state index is 2.22. The first kappa shape index (κ1) is 30.9. The molecule has 0 saturated carbocycles. The van der Waals surface area contributed by atoms with Crippen LogP contribution >= 0.6 is 96.1 Å². The van der Waals surface area contributed by atoms with Gasteiger partial charge < -0.3 is 0 Å². The molecule has 0 N–H and O–H groups in total. The van der Waals surface area contributed by atoms with Crippen LogP contribution in [0.1, 0.15) is 0 Å². The molecular formula is C36H24S9. The summed E-state index contributed by atoms with van der Waals surface area (Å²) in [5.74, 6) is 0. The van der Waals surface area contributed by atoms with Gasteiger partial charge in [-0.2, -0.15) is 0 Å². The van der Waals surface area contributed by atoms with Crippen molar-refractivity contribution in [2.45, 2.75) is 0 Å². The number of hydrogen-bond donors (Lipinski definition) is 0. The van der Waals surface area contributed by atoms with Gasteiger partial charge in [0, 0.05) is 56.4 Å². The molecule has 6 aromatic carbocycles. The monoisotopic (exact) mass is 744 g/mol. The zero-order chi connectivity index (χ0) is 30.3. The minimum atomic E-state index is 1.25. The number of hydrogen-bond acceptors (Lipinski definition) is 9. The van der Waals surface area contributed by atoms with Crippen LogP contribution < -0.4 is 0 Å². The van der Waals surface area contributed by atoms with E-state index in [1.165, 1.54) is 56.4 Å². The summed E-state index contributed by atoms with van der Waals surface area (Å²) in [6.07, 6.45) is 0. The molecule has 0 nitrogen and oxygen atoms in total. The second kappa shape index (κ2) is 15.3. The Labute approximate surface area is 295 Å². The van der Waals surface area contributed by atoms with Gasteiger partial charge in [-0.3, -0.25) is 0 Å². The average Bonchev–Trinajstić information content (AvgIpc) is 3.09. The molecule has 22 aromatic rings. The summed E-state index contributed by atoms with van der Waals surface area (Å²) in [6.45, 7) is 0. The lowest BCUT2D eigenvalue weighted by molar-refractivity contribution is 1.93. The minimum Gasteiger partial charge on any atom is -0.137 e. The number of rotatable bonds is 0. The first-order valence-electron chi connectivity index (χ1n) is 13.9. The van der Waals surface area contributed by atoms with E-state index in [2.05, 4.69) is 146 Å². The fraction of sp³-hybridized carbons (Fsp3) is 0. The van der Waals surface area contributed by atoms with Crippen LogP contribution in [0.25, 0.3) is 56.4 Å². The van der Waals surface area contributed by atoms with Crippen molar-refractivity contribution < 1.29 is 0 Å². The summed E-state index contributed by atoms with van der Waals surface area (Å²) in [5, 5.41) is 0. The van der Waals surface area contributed by atoms with Crippen molar-refractivity contribution in [1.82, 2.24) is 0 Å². The van der Waals surface area contributed by atoms with Crippen LogP contribution in [-0.4, -0.2) is 0 Å². The Kier molecular flexibility index (Phi) is 10.5. The minimum absolute atomic E-state index is 1.25. The summed E-state index contributed by atoms with van der Waals surface area (Å²) in [5.41, 5.74) is 0. The van der Waals surface area contributed by atoms with Crippen molar-refractivity contribution in [3.63, 3.8) is 0 Å². The summed E-state index contributed by atoms with van der Waals surface area (Å²) >= 11 is 5.41. The molecule has 12 bridgehead atoms. The topological polar surface area (TPSA) is 0 Å². The molecule has 16 aromatic heterocycles. The lowest BCUT2D eigenvalue weighted by atomic mass is 10.4. The van der Waals surface area contributed by atoms with E-state index in [1.807, 2.05) is 0 Å². The molecule has 45 heavy (non-hydrogen) atoms. The Morgan fingerprint density at radius 2 is 0.267 bits per heavy atom. The van der Waals surface area contributed by atoms with Crippen LogP contribution in [0.15, 0.2) is 146 Å². The van der Waals surface area contributed by atoms with Gasteiger partial charge in [0.1, 0.15) is 0 Å². The van der Waals surface area contributed by atoms with E-state index in [9.17, 15) is 0 Å². The van der Waals surface area contributed by atoms with Gasteiger partial charge in [0.2, 0.25) is 0 Å². The molecular weight excluding hydrogens is 721 g/mol. The summed E-state index contributed by atoms with van der Waals surface area (Å²) in [7, 11) is 10.8. The summed E-state index contributed by atoms with van der Waals surface area (Å²) in [6, 6.07) is 53.2. The molecule has 0 aliphatic heterocycles. The first-order valence-corrected chi connectivity index (χ1v) is 22.8. The van der Waals surface area contributed by atoms with E-state index >= 15 is 0 Å². The van der Waals surface area contributed by atoms with Crippen molar-refractivity contribution in [2.75, 3.05) is 0 Å². The van der Waals surface area contributed by atoms with Crippen LogP contribution in [0.3, 0.4) is 0 Å². The van der Waals surface area contributed by atoms with E-state index < -0.39 is 0 Å². The highest BCUT2D eigenvalue weighted by Gasteiger charge is 1.91. The molecule has 0 saturated heterocycles.